The number of hydrogen-bond acceptors (Lipinski definition) is 9. The summed E-state index contributed by atoms with van der Waals surface area (Å²) >= 11 is 5.57. The number of nitrogens with zero attached hydrogens (tertiary/aromatic N) is 3. The molecule has 10 nitrogen and oxygen atoms in total. The number of rotatable bonds is 8. The van der Waals surface area contributed by atoms with Crippen molar-refractivity contribution in [3.63, 3.8) is 0 Å². The molecule has 13 heteroatoms. The number of halogens is 1. The Balaban J connectivity index is 1.34. The number of amides is 3. The van der Waals surface area contributed by atoms with Crippen molar-refractivity contribution in [3.05, 3.63) is 103 Å². The molecule has 2 aliphatic rings. The van der Waals surface area contributed by atoms with Gasteiger partial charge in [0, 0.05) is 40.7 Å². The summed E-state index contributed by atoms with van der Waals surface area (Å²) in [4.78, 5) is 70.1. The van der Waals surface area contributed by atoms with Crippen molar-refractivity contribution in [1.29, 1.82) is 0 Å². The monoisotopic (exact) mass is 720 g/mol. The first-order chi connectivity index (χ1) is 22.1. The zero-order chi connectivity index (χ0) is 32.7. The minimum Gasteiger partial charge on any atom is -0.462 e. The number of nitrogens with one attached hydrogen (secondary N) is 1. The van der Waals surface area contributed by atoms with Crippen LogP contribution < -0.4 is 20.0 Å². The number of carbonyl (C=O) groups is 4. The fraction of sp³-hybridized carbons (Fsp3) is 0.242. The van der Waals surface area contributed by atoms with Crippen LogP contribution in [-0.4, -0.2) is 54.2 Å². The van der Waals surface area contributed by atoms with Crippen molar-refractivity contribution >= 4 is 79.8 Å². The molecule has 0 unspecified atom stereocenters. The topological polar surface area (TPSA) is 118 Å². The van der Waals surface area contributed by atoms with E-state index in [0.717, 1.165) is 27.1 Å². The second-order valence-electron chi connectivity index (χ2n) is 11.0. The van der Waals surface area contributed by atoms with Crippen molar-refractivity contribution in [2.45, 2.75) is 29.7 Å². The number of thiazole rings is 1. The van der Waals surface area contributed by atoms with Crippen LogP contribution in [0.15, 0.2) is 87.1 Å². The van der Waals surface area contributed by atoms with Gasteiger partial charge in [-0.2, -0.15) is 0 Å². The van der Waals surface area contributed by atoms with E-state index in [-0.39, 0.29) is 29.8 Å². The molecule has 2 aliphatic heterocycles. The molecule has 3 amide bonds. The number of carbonyl (C=O) groups excluding carboxylic acids is 4. The van der Waals surface area contributed by atoms with E-state index in [1.54, 1.807) is 55.5 Å². The van der Waals surface area contributed by atoms with Gasteiger partial charge in [-0.1, -0.05) is 51.2 Å². The highest BCUT2D eigenvalue weighted by molar-refractivity contribution is 9.10. The van der Waals surface area contributed by atoms with E-state index in [1.807, 2.05) is 43.3 Å². The number of ether oxygens (including phenoxy) is 1. The Hall–Kier alpha value is -4.20. The van der Waals surface area contributed by atoms with Crippen LogP contribution >= 0.6 is 39.0 Å². The van der Waals surface area contributed by atoms with Crippen LogP contribution in [0.4, 0.5) is 17.1 Å². The van der Waals surface area contributed by atoms with Gasteiger partial charge in [0.05, 0.1) is 28.8 Å². The lowest BCUT2D eigenvalue weighted by Crippen LogP contribution is -2.33. The molecule has 1 N–H and O–H groups in total. The third-order valence-corrected chi connectivity index (χ3v) is 11.0. The molecular weight excluding hydrogens is 692 g/mol. The van der Waals surface area contributed by atoms with Gasteiger partial charge in [-0.3, -0.25) is 23.7 Å². The second kappa shape index (κ2) is 12.9. The van der Waals surface area contributed by atoms with Gasteiger partial charge in [0.2, 0.25) is 17.7 Å². The minimum atomic E-state index is -0.791. The van der Waals surface area contributed by atoms with E-state index in [2.05, 4.69) is 21.2 Å². The maximum absolute atomic E-state index is 14.1. The fourth-order valence-electron chi connectivity index (χ4n) is 5.69. The first-order valence-electron chi connectivity index (χ1n) is 14.4. The summed E-state index contributed by atoms with van der Waals surface area (Å²) in [6, 6.07) is 21.0. The molecule has 1 fully saturated rings. The van der Waals surface area contributed by atoms with Gasteiger partial charge in [0.1, 0.15) is 11.8 Å². The van der Waals surface area contributed by atoms with E-state index in [9.17, 15) is 24.0 Å². The van der Waals surface area contributed by atoms with Gasteiger partial charge in [0.15, 0.2) is 0 Å². The molecule has 4 aromatic rings. The lowest BCUT2D eigenvalue weighted by molar-refractivity contribution is -0.122. The summed E-state index contributed by atoms with van der Waals surface area (Å²) in [7, 11) is 3.86. The zero-order valence-electron chi connectivity index (χ0n) is 25.1. The van der Waals surface area contributed by atoms with Crippen molar-refractivity contribution in [2.24, 2.45) is 5.92 Å². The highest BCUT2D eigenvalue weighted by Gasteiger charge is 2.56. The van der Waals surface area contributed by atoms with Crippen LogP contribution in [0.2, 0.25) is 0 Å². The molecule has 0 spiro atoms. The number of hydrogen-bond donors (Lipinski definition) is 1. The Bertz CT molecular complexity index is 1890. The van der Waals surface area contributed by atoms with E-state index >= 15 is 0 Å². The van der Waals surface area contributed by atoms with Gasteiger partial charge in [-0.05, 0) is 73.2 Å². The Morgan fingerprint density at radius 2 is 1.61 bits per heavy atom. The SMILES string of the molecule is CCOC(=O)c1ccc(NC(=O)Cn2c3c(sc2=O)[C@@H](c2ccc(N(C)C)cc2)[C@@H]2C(=O)N(c4ccc(Br)cc4)C(=O)[C@@H]2S3)cc1. The predicted molar refractivity (Wildman–Crippen MR) is 182 cm³/mol. The number of fused-ring (bicyclic) bond motifs is 2. The Morgan fingerprint density at radius 3 is 2.24 bits per heavy atom. The highest BCUT2D eigenvalue weighted by Crippen LogP contribution is 2.54. The maximum Gasteiger partial charge on any atom is 0.338 e. The number of imide groups is 1. The van der Waals surface area contributed by atoms with Gasteiger partial charge >= 0.3 is 10.8 Å². The van der Waals surface area contributed by atoms with E-state index in [1.165, 1.54) is 21.2 Å². The van der Waals surface area contributed by atoms with Gasteiger partial charge in [0.25, 0.3) is 0 Å². The first kappa shape index (κ1) is 31.8. The minimum absolute atomic E-state index is 0.251. The van der Waals surface area contributed by atoms with Crippen molar-refractivity contribution in [3.8, 4) is 0 Å². The van der Waals surface area contributed by atoms with Crippen LogP contribution in [0.3, 0.4) is 0 Å². The van der Waals surface area contributed by atoms with Crippen molar-refractivity contribution in [2.75, 3.05) is 35.8 Å². The van der Waals surface area contributed by atoms with Crippen molar-refractivity contribution in [1.82, 2.24) is 4.57 Å². The Labute approximate surface area is 281 Å². The molecule has 46 heavy (non-hydrogen) atoms. The third kappa shape index (κ3) is 5.90. The highest BCUT2D eigenvalue weighted by atomic mass is 79.9. The summed E-state index contributed by atoms with van der Waals surface area (Å²) < 4.78 is 7.20. The molecule has 6 rings (SSSR count). The van der Waals surface area contributed by atoms with Gasteiger partial charge in [-0.15, -0.1) is 0 Å². The summed E-state index contributed by atoms with van der Waals surface area (Å²) in [5.41, 5.74) is 3.05. The van der Waals surface area contributed by atoms with E-state index in [0.29, 0.717) is 26.8 Å². The summed E-state index contributed by atoms with van der Waals surface area (Å²) in [5.74, 6) is -2.90. The van der Waals surface area contributed by atoms with Crippen molar-refractivity contribution < 1.29 is 23.9 Å². The molecule has 0 aliphatic carbocycles. The zero-order valence-corrected chi connectivity index (χ0v) is 28.3. The smallest absolute Gasteiger partial charge is 0.338 e. The Morgan fingerprint density at radius 1 is 0.935 bits per heavy atom. The number of thioether (sulfide) groups is 1. The summed E-state index contributed by atoms with van der Waals surface area (Å²) in [6.07, 6.45) is 0. The molecule has 1 aromatic heterocycles. The average molecular weight is 722 g/mol. The predicted octanol–water partition coefficient (Wildman–Crippen LogP) is 5.35. The summed E-state index contributed by atoms with van der Waals surface area (Å²) in [5, 5.41) is 2.49. The molecule has 3 heterocycles. The van der Waals surface area contributed by atoms with Crippen LogP contribution in [0.1, 0.15) is 33.6 Å². The first-order valence-corrected chi connectivity index (χ1v) is 16.9. The number of esters is 1. The number of anilines is 3. The fourth-order valence-corrected chi connectivity index (χ4v) is 8.72. The Kier molecular flexibility index (Phi) is 8.90. The van der Waals surface area contributed by atoms with Gasteiger partial charge < -0.3 is 15.0 Å². The largest absolute Gasteiger partial charge is 0.462 e. The lowest BCUT2D eigenvalue weighted by Gasteiger charge is -2.31. The maximum atomic E-state index is 14.1. The normalized spacial score (nSPS) is 18.6. The third-order valence-electron chi connectivity index (χ3n) is 7.88. The molecule has 3 atom stereocenters. The van der Waals surface area contributed by atoms with E-state index < -0.39 is 29.0 Å². The molecule has 0 bridgehead atoms. The van der Waals surface area contributed by atoms with Crippen LogP contribution in [0, 0.1) is 5.92 Å². The second-order valence-corrected chi connectivity index (χ2v) is 14.0. The van der Waals surface area contributed by atoms with Crippen LogP contribution in [0.5, 0.6) is 0 Å². The van der Waals surface area contributed by atoms with E-state index in [4.69, 9.17) is 4.74 Å². The molecule has 0 radical (unpaired) electrons. The molecular formula is C33H29BrN4O6S2. The standard InChI is InChI=1S/C33H29BrN4O6S2/c1-4-44-32(42)19-5-11-21(12-6-19)35-24(39)17-37-31-28(46-33(37)43)25(18-7-13-22(14-8-18)36(2)3)26-27(45-31)30(41)38(29(26)40)23-15-9-20(34)10-16-23/h5-16,25-27H,4,17H2,1-3H3,(H,35,39)/t25-,26-,27+/m0/s1. The lowest BCUT2D eigenvalue weighted by atomic mass is 9.83. The van der Waals surface area contributed by atoms with Gasteiger partial charge in [-0.25, -0.2) is 9.69 Å². The molecule has 236 valence electrons. The molecule has 0 saturated carbocycles. The summed E-state index contributed by atoms with van der Waals surface area (Å²) in [6.45, 7) is 1.68. The quantitative estimate of drug-likeness (QED) is 0.191. The number of benzene rings is 3. The molecule has 3 aromatic carbocycles. The van der Waals surface area contributed by atoms with Crippen LogP contribution in [-0.2, 0) is 25.7 Å². The molecule has 1 saturated heterocycles. The van der Waals surface area contributed by atoms with Crippen LogP contribution in [0.25, 0.3) is 0 Å². The number of aromatic nitrogens is 1. The average Bonchev–Trinajstić information content (AvgIpc) is 3.48.